The number of thiazole rings is 1. The molecule has 1 aromatic carbocycles. The second-order valence-electron chi connectivity index (χ2n) is 5.15. The summed E-state index contributed by atoms with van der Waals surface area (Å²) >= 11 is 1.36. The van der Waals surface area contributed by atoms with Crippen molar-refractivity contribution >= 4 is 17.2 Å². The lowest BCUT2D eigenvalue weighted by atomic mass is 10.2. The van der Waals surface area contributed by atoms with E-state index in [0.29, 0.717) is 23.8 Å². The number of benzene rings is 1. The average molecular weight is 343 g/mol. The Balaban J connectivity index is 1.57. The lowest BCUT2D eigenvalue weighted by Gasteiger charge is -2.04. The highest BCUT2D eigenvalue weighted by molar-refractivity contribution is 7.16. The van der Waals surface area contributed by atoms with E-state index in [9.17, 15) is 4.79 Å². The summed E-state index contributed by atoms with van der Waals surface area (Å²) in [5.74, 6) is -0.206. The molecule has 2 aromatic heterocycles. The Bertz CT molecular complexity index is 828. The molecule has 0 fully saturated rings. The molecule has 3 rings (SSSR count). The molecule has 7 nitrogen and oxygen atoms in total. The maximum atomic E-state index is 12.2. The molecular weight excluding hydrogens is 326 g/mol. The maximum Gasteiger partial charge on any atom is 0.280 e. The van der Waals surface area contributed by atoms with Gasteiger partial charge in [0, 0.05) is 12.7 Å². The summed E-state index contributed by atoms with van der Waals surface area (Å²) in [5.41, 5.74) is 2.39. The molecule has 0 saturated heterocycles. The molecule has 2 N–H and O–H groups in total. The molecule has 2 heterocycles. The fourth-order valence-corrected chi connectivity index (χ4v) is 3.06. The summed E-state index contributed by atoms with van der Waals surface area (Å²) in [6.07, 6.45) is 1.71. The average Bonchev–Trinajstić information content (AvgIpc) is 3.23. The van der Waals surface area contributed by atoms with Gasteiger partial charge in [-0.15, -0.1) is 16.4 Å². The molecule has 0 atom stereocenters. The van der Waals surface area contributed by atoms with Gasteiger partial charge in [-0.3, -0.25) is 4.79 Å². The van der Waals surface area contributed by atoms with Crippen LogP contribution in [-0.4, -0.2) is 37.5 Å². The highest BCUT2D eigenvalue weighted by Gasteiger charge is 2.12. The second-order valence-corrected chi connectivity index (χ2v) is 6.19. The number of hydrogen-bond donors (Lipinski definition) is 2. The minimum Gasteiger partial charge on any atom is -0.390 e. The Kier molecular flexibility index (Phi) is 4.97. The van der Waals surface area contributed by atoms with Crippen LogP contribution in [0.15, 0.2) is 36.5 Å². The highest BCUT2D eigenvalue weighted by atomic mass is 32.1. The number of rotatable bonds is 6. The molecule has 0 radical (unpaired) electrons. The van der Waals surface area contributed by atoms with E-state index in [1.165, 1.54) is 11.3 Å². The van der Waals surface area contributed by atoms with E-state index < -0.39 is 0 Å². The third-order valence-corrected chi connectivity index (χ3v) is 4.64. The van der Waals surface area contributed by atoms with Crippen molar-refractivity contribution in [1.29, 1.82) is 0 Å². The summed E-state index contributed by atoms with van der Waals surface area (Å²) in [6, 6.07) is 9.83. The highest BCUT2D eigenvalue weighted by Crippen LogP contribution is 2.25. The Labute approximate surface area is 143 Å². The monoisotopic (exact) mass is 343 g/mol. The van der Waals surface area contributed by atoms with Crippen LogP contribution in [0.1, 0.15) is 21.2 Å². The predicted octanol–water partition coefficient (Wildman–Crippen LogP) is 1.63. The van der Waals surface area contributed by atoms with E-state index in [1.807, 2.05) is 37.3 Å². The van der Waals surface area contributed by atoms with E-state index in [1.54, 1.807) is 10.9 Å². The normalized spacial score (nSPS) is 10.8. The SMILES string of the molecule is Cc1c(CO)nnn1CCNC(=O)c1ncc(-c2ccccc2)s1. The van der Waals surface area contributed by atoms with Crippen LogP contribution in [0.4, 0.5) is 0 Å². The zero-order valence-corrected chi connectivity index (χ0v) is 14.0. The molecule has 0 unspecified atom stereocenters. The van der Waals surface area contributed by atoms with E-state index in [2.05, 4.69) is 20.6 Å². The Hall–Kier alpha value is -2.58. The Morgan fingerprint density at radius 2 is 2.12 bits per heavy atom. The summed E-state index contributed by atoms with van der Waals surface area (Å²) in [6.45, 7) is 2.59. The van der Waals surface area contributed by atoms with Crippen molar-refractivity contribution in [3.8, 4) is 10.4 Å². The Morgan fingerprint density at radius 3 is 2.83 bits per heavy atom. The topological polar surface area (TPSA) is 92.9 Å². The van der Waals surface area contributed by atoms with Gasteiger partial charge in [0.2, 0.25) is 0 Å². The van der Waals surface area contributed by atoms with Gasteiger partial charge in [0.1, 0.15) is 5.69 Å². The number of hydrogen-bond acceptors (Lipinski definition) is 6. The first-order valence-corrected chi connectivity index (χ1v) is 8.30. The Morgan fingerprint density at radius 1 is 1.33 bits per heavy atom. The number of amides is 1. The molecular formula is C16H17N5O2S. The van der Waals surface area contributed by atoms with E-state index in [-0.39, 0.29) is 12.5 Å². The van der Waals surface area contributed by atoms with Crippen LogP contribution in [0.25, 0.3) is 10.4 Å². The summed E-state index contributed by atoms with van der Waals surface area (Å²) in [5, 5.41) is 20.2. The van der Waals surface area contributed by atoms with Gasteiger partial charge < -0.3 is 10.4 Å². The van der Waals surface area contributed by atoms with E-state index >= 15 is 0 Å². The van der Waals surface area contributed by atoms with Crippen LogP contribution in [0.2, 0.25) is 0 Å². The lowest BCUT2D eigenvalue weighted by Crippen LogP contribution is -2.27. The maximum absolute atomic E-state index is 12.2. The molecule has 0 aliphatic rings. The summed E-state index contributed by atoms with van der Waals surface area (Å²) in [7, 11) is 0. The number of aromatic nitrogens is 4. The smallest absolute Gasteiger partial charge is 0.280 e. The first-order chi connectivity index (χ1) is 11.7. The van der Waals surface area contributed by atoms with Crippen LogP contribution in [-0.2, 0) is 13.2 Å². The van der Waals surface area contributed by atoms with E-state index in [4.69, 9.17) is 5.11 Å². The molecule has 1 amide bonds. The van der Waals surface area contributed by atoms with Crippen molar-refractivity contribution in [2.45, 2.75) is 20.1 Å². The van der Waals surface area contributed by atoms with Gasteiger partial charge in [0.05, 0.1) is 23.7 Å². The molecule has 0 bridgehead atoms. The zero-order valence-electron chi connectivity index (χ0n) is 13.1. The molecule has 3 aromatic rings. The third-order valence-electron chi connectivity index (χ3n) is 3.60. The number of aliphatic hydroxyl groups is 1. The van der Waals surface area contributed by atoms with E-state index in [0.717, 1.165) is 16.1 Å². The molecule has 0 saturated carbocycles. The number of nitrogens with zero attached hydrogens (tertiary/aromatic N) is 4. The minimum atomic E-state index is -0.206. The van der Waals surface area contributed by atoms with Crippen molar-refractivity contribution in [2.24, 2.45) is 0 Å². The molecule has 8 heteroatoms. The van der Waals surface area contributed by atoms with Crippen LogP contribution in [0, 0.1) is 6.92 Å². The number of carbonyl (C=O) groups is 1. The molecule has 0 aliphatic heterocycles. The first kappa shape index (κ1) is 16.3. The number of carbonyl (C=O) groups excluding carboxylic acids is 1. The predicted molar refractivity (Wildman–Crippen MR) is 90.6 cm³/mol. The first-order valence-electron chi connectivity index (χ1n) is 7.48. The minimum absolute atomic E-state index is 0.139. The van der Waals surface area contributed by atoms with Crippen LogP contribution in [0.3, 0.4) is 0 Å². The van der Waals surface area contributed by atoms with Crippen LogP contribution in [0.5, 0.6) is 0 Å². The second kappa shape index (κ2) is 7.33. The van der Waals surface area contributed by atoms with Crippen molar-refractivity contribution in [3.05, 3.63) is 52.9 Å². The standard InChI is InChI=1S/C16H17N5O2S/c1-11-13(10-22)19-20-21(11)8-7-17-15(23)16-18-9-14(24-16)12-5-3-2-4-6-12/h2-6,9,22H,7-8,10H2,1H3,(H,17,23). The van der Waals surface area contributed by atoms with Gasteiger partial charge in [-0.1, -0.05) is 35.5 Å². The van der Waals surface area contributed by atoms with Crippen molar-refractivity contribution < 1.29 is 9.90 Å². The fraction of sp³-hybridized carbons (Fsp3) is 0.250. The van der Waals surface area contributed by atoms with Gasteiger partial charge in [-0.25, -0.2) is 9.67 Å². The summed E-state index contributed by atoms with van der Waals surface area (Å²) in [4.78, 5) is 17.3. The van der Waals surface area contributed by atoms with Gasteiger partial charge >= 0.3 is 0 Å². The van der Waals surface area contributed by atoms with Crippen molar-refractivity contribution in [2.75, 3.05) is 6.54 Å². The van der Waals surface area contributed by atoms with Crippen LogP contribution < -0.4 is 5.32 Å². The molecule has 124 valence electrons. The van der Waals surface area contributed by atoms with Gasteiger partial charge in [-0.05, 0) is 12.5 Å². The molecule has 0 spiro atoms. The fourth-order valence-electron chi connectivity index (χ4n) is 2.22. The van der Waals surface area contributed by atoms with Crippen LogP contribution >= 0.6 is 11.3 Å². The number of nitrogens with one attached hydrogen (secondary N) is 1. The zero-order chi connectivity index (χ0) is 16.9. The van der Waals surface area contributed by atoms with Gasteiger partial charge in [0.15, 0.2) is 5.01 Å². The third kappa shape index (κ3) is 3.50. The quantitative estimate of drug-likeness (QED) is 0.710. The largest absolute Gasteiger partial charge is 0.390 e. The summed E-state index contributed by atoms with van der Waals surface area (Å²) < 4.78 is 1.66. The van der Waals surface area contributed by atoms with Gasteiger partial charge in [0.25, 0.3) is 5.91 Å². The molecule has 24 heavy (non-hydrogen) atoms. The number of aliphatic hydroxyl groups excluding tert-OH is 1. The van der Waals surface area contributed by atoms with Crippen molar-refractivity contribution in [3.63, 3.8) is 0 Å². The molecule has 0 aliphatic carbocycles. The lowest BCUT2D eigenvalue weighted by molar-refractivity contribution is 0.0951. The van der Waals surface area contributed by atoms with Crippen molar-refractivity contribution in [1.82, 2.24) is 25.3 Å². The van der Waals surface area contributed by atoms with Gasteiger partial charge in [-0.2, -0.15) is 0 Å².